The molecule has 26 heavy (non-hydrogen) atoms. The van der Waals surface area contributed by atoms with Crippen molar-refractivity contribution in [3.63, 3.8) is 0 Å². The van der Waals surface area contributed by atoms with E-state index in [1.807, 2.05) is 36.6 Å². The molecule has 0 saturated heterocycles. The molecule has 0 bridgehead atoms. The lowest BCUT2D eigenvalue weighted by atomic mass is 10.2. The van der Waals surface area contributed by atoms with E-state index >= 15 is 0 Å². The maximum absolute atomic E-state index is 6.18. The minimum atomic E-state index is 0.445. The number of anilines is 1. The standard InChI is InChI=1S/C18H14Cl3N3OS/c1-2-25-17-14(20)7-11(8-15(17)21)9-22-24-18-23-16(10-26-18)12-3-5-13(19)6-4-12/h3-10H,2H2,1H3,(H,23,24)/b22-9-. The lowest BCUT2D eigenvalue weighted by Gasteiger charge is -2.08. The SMILES string of the molecule is CCOc1c(Cl)cc(/C=N\Nc2nc(-c3ccc(Cl)cc3)cs2)cc1Cl. The molecule has 0 atom stereocenters. The number of thiazole rings is 1. The molecule has 1 N–H and O–H groups in total. The number of hydrazone groups is 1. The first-order valence-electron chi connectivity index (χ1n) is 7.69. The number of nitrogens with one attached hydrogen (secondary N) is 1. The van der Waals surface area contributed by atoms with E-state index < -0.39 is 0 Å². The number of ether oxygens (including phenoxy) is 1. The summed E-state index contributed by atoms with van der Waals surface area (Å²) in [5.41, 5.74) is 5.51. The second kappa shape index (κ2) is 8.73. The molecule has 0 radical (unpaired) electrons. The first kappa shape index (κ1) is 19.0. The van der Waals surface area contributed by atoms with Crippen LogP contribution < -0.4 is 10.2 Å². The van der Waals surface area contributed by atoms with Gasteiger partial charge in [-0.3, -0.25) is 5.43 Å². The van der Waals surface area contributed by atoms with E-state index in [9.17, 15) is 0 Å². The van der Waals surface area contributed by atoms with E-state index in [0.29, 0.717) is 32.6 Å². The highest BCUT2D eigenvalue weighted by Gasteiger charge is 2.08. The van der Waals surface area contributed by atoms with Gasteiger partial charge < -0.3 is 4.74 Å². The summed E-state index contributed by atoms with van der Waals surface area (Å²) in [4.78, 5) is 4.49. The number of aromatic nitrogens is 1. The first-order chi connectivity index (χ1) is 12.6. The van der Waals surface area contributed by atoms with E-state index in [1.165, 1.54) is 11.3 Å². The van der Waals surface area contributed by atoms with Crippen molar-refractivity contribution in [1.82, 2.24) is 4.98 Å². The van der Waals surface area contributed by atoms with Gasteiger partial charge in [0.1, 0.15) is 0 Å². The largest absolute Gasteiger partial charge is 0.491 e. The van der Waals surface area contributed by atoms with Crippen molar-refractivity contribution in [2.24, 2.45) is 5.10 Å². The molecule has 0 aliphatic heterocycles. The van der Waals surface area contributed by atoms with Gasteiger partial charge in [-0.15, -0.1) is 11.3 Å². The number of hydrogen-bond donors (Lipinski definition) is 1. The molecule has 3 rings (SSSR count). The predicted molar refractivity (Wildman–Crippen MR) is 111 cm³/mol. The summed E-state index contributed by atoms with van der Waals surface area (Å²) in [7, 11) is 0. The Hall–Kier alpha value is -1.79. The monoisotopic (exact) mass is 425 g/mol. The van der Waals surface area contributed by atoms with Gasteiger partial charge in [0.25, 0.3) is 0 Å². The van der Waals surface area contributed by atoms with E-state index in [2.05, 4.69) is 15.5 Å². The van der Waals surface area contributed by atoms with Crippen LogP contribution in [0.4, 0.5) is 5.13 Å². The van der Waals surface area contributed by atoms with Crippen molar-refractivity contribution in [2.75, 3.05) is 12.0 Å². The van der Waals surface area contributed by atoms with Crippen molar-refractivity contribution in [3.05, 3.63) is 62.4 Å². The normalized spacial score (nSPS) is 11.1. The molecular weight excluding hydrogens is 413 g/mol. The van der Waals surface area contributed by atoms with E-state index in [4.69, 9.17) is 39.5 Å². The lowest BCUT2D eigenvalue weighted by molar-refractivity contribution is 0.340. The highest BCUT2D eigenvalue weighted by molar-refractivity contribution is 7.14. The molecule has 4 nitrogen and oxygen atoms in total. The molecule has 0 aliphatic carbocycles. The number of nitrogens with zero attached hydrogens (tertiary/aromatic N) is 2. The summed E-state index contributed by atoms with van der Waals surface area (Å²) in [5.74, 6) is 0.480. The van der Waals surface area contributed by atoms with Crippen LogP contribution in [0, 0.1) is 0 Å². The fourth-order valence-corrected chi connectivity index (χ4v) is 3.58. The molecular formula is C18H14Cl3N3OS. The van der Waals surface area contributed by atoms with E-state index in [1.54, 1.807) is 18.3 Å². The summed E-state index contributed by atoms with van der Waals surface area (Å²) >= 11 is 19.7. The average molecular weight is 427 g/mol. The molecule has 1 heterocycles. The van der Waals surface area contributed by atoms with Gasteiger partial charge in [0, 0.05) is 16.0 Å². The van der Waals surface area contributed by atoms with Crippen molar-refractivity contribution in [2.45, 2.75) is 6.92 Å². The number of rotatable bonds is 6. The minimum Gasteiger partial charge on any atom is -0.491 e. The van der Waals surface area contributed by atoms with E-state index in [0.717, 1.165) is 16.8 Å². The van der Waals surface area contributed by atoms with Gasteiger partial charge in [-0.05, 0) is 36.8 Å². The Morgan fingerprint density at radius 3 is 2.50 bits per heavy atom. The van der Waals surface area contributed by atoms with Crippen molar-refractivity contribution in [1.29, 1.82) is 0 Å². The van der Waals surface area contributed by atoms with Gasteiger partial charge in [0.2, 0.25) is 5.13 Å². The van der Waals surface area contributed by atoms with Crippen LogP contribution in [-0.2, 0) is 0 Å². The summed E-state index contributed by atoms with van der Waals surface area (Å²) in [5, 5.41) is 8.39. The lowest BCUT2D eigenvalue weighted by Crippen LogP contribution is -1.95. The molecule has 8 heteroatoms. The Bertz CT molecular complexity index is 903. The number of halogens is 3. The van der Waals surface area contributed by atoms with Crippen LogP contribution in [0.1, 0.15) is 12.5 Å². The van der Waals surface area contributed by atoms with Crippen molar-refractivity contribution in [3.8, 4) is 17.0 Å². The Morgan fingerprint density at radius 1 is 1.15 bits per heavy atom. The molecule has 3 aromatic rings. The van der Waals surface area contributed by atoms with Crippen molar-refractivity contribution < 1.29 is 4.74 Å². The first-order valence-corrected chi connectivity index (χ1v) is 9.70. The van der Waals surface area contributed by atoms with Gasteiger partial charge in [-0.2, -0.15) is 5.10 Å². The fourth-order valence-electron chi connectivity index (χ4n) is 2.18. The summed E-state index contributed by atoms with van der Waals surface area (Å²) in [6, 6.07) is 11.0. The van der Waals surface area contributed by atoms with Gasteiger partial charge in [-0.25, -0.2) is 4.98 Å². The number of hydrogen-bond acceptors (Lipinski definition) is 5. The Labute approximate surface area is 170 Å². The fraction of sp³-hybridized carbons (Fsp3) is 0.111. The van der Waals surface area contributed by atoms with Gasteiger partial charge in [0.15, 0.2) is 5.75 Å². The van der Waals surface area contributed by atoms with Gasteiger partial charge in [-0.1, -0.05) is 46.9 Å². The second-order valence-electron chi connectivity index (χ2n) is 5.16. The Morgan fingerprint density at radius 2 is 1.85 bits per heavy atom. The summed E-state index contributed by atoms with van der Waals surface area (Å²) < 4.78 is 5.41. The zero-order valence-corrected chi connectivity index (χ0v) is 16.8. The van der Waals surface area contributed by atoms with Gasteiger partial charge in [0.05, 0.1) is 28.6 Å². The smallest absolute Gasteiger partial charge is 0.203 e. The molecule has 0 unspecified atom stereocenters. The minimum absolute atomic E-state index is 0.445. The van der Waals surface area contributed by atoms with Gasteiger partial charge >= 0.3 is 0 Å². The zero-order valence-electron chi connectivity index (χ0n) is 13.7. The Kier molecular flexibility index (Phi) is 6.38. The molecule has 0 saturated carbocycles. The average Bonchev–Trinajstić information content (AvgIpc) is 3.08. The van der Waals surface area contributed by atoms with Crippen LogP contribution in [0.2, 0.25) is 15.1 Å². The van der Waals surface area contributed by atoms with Crippen LogP contribution in [0.15, 0.2) is 46.9 Å². The molecule has 1 aromatic heterocycles. The molecule has 2 aromatic carbocycles. The Balaban J connectivity index is 1.68. The highest BCUT2D eigenvalue weighted by Crippen LogP contribution is 2.33. The molecule has 134 valence electrons. The van der Waals surface area contributed by atoms with Crippen LogP contribution in [0.25, 0.3) is 11.3 Å². The molecule has 0 amide bonds. The summed E-state index contributed by atoms with van der Waals surface area (Å²) in [6.07, 6.45) is 1.62. The molecule has 0 aliphatic rings. The maximum atomic E-state index is 6.18. The quantitative estimate of drug-likeness (QED) is 0.356. The second-order valence-corrected chi connectivity index (χ2v) is 7.27. The number of benzene rings is 2. The third-order valence-corrected chi connectivity index (χ3v) is 4.89. The van der Waals surface area contributed by atoms with Crippen LogP contribution in [0.5, 0.6) is 5.75 Å². The van der Waals surface area contributed by atoms with Crippen LogP contribution >= 0.6 is 46.1 Å². The van der Waals surface area contributed by atoms with E-state index in [-0.39, 0.29) is 0 Å². The highest BCUT2D eigenvalue weighted by atomic mass is 35.5. The maximum Gasteiger partial charge on any atom is 0.203 e. The van der Waals surface area contributed by atoms with Crippen molar-refractivity contribution >= 4 is 57.5 Å². The third-order valence-electron chi connectivity index (χ3n) is 3.33. The summed E-state index contributed by atoms with van der Waals surface area (Å²) in [6.45, 7) is 2.37. The van der Waals surface area contributed by atoms with Crippen LogP contribution in [-0.4, -0.2) is 17.8 Å². The topological polar surface area (TPSA) is 46.5 Å². The predicted octanol–water partition coefficient (Wildman–Crippen LogP) is 6.62. The third kappa shape index (κ3) is 4.68. The zero-order chi connectivity index (χ0) is 18.5. The molecule has 0 spiro atoms. The van der Waals surface area contributed by atoms with Crippen LogP contribution in [0.3, 0.4) is 0 Å². The molecule has 0 fully saturated rings.